The number of likely N-dealkylation sites (N-methyl/N-ethyl adjacent to an activating group) is 1. The van der Waals surface area contributed by atoms with Crippen molar-refractivity contribution in [2.24, 2.45) is 5.73 Å². The largest absolute Gasteiger partial charge is 0.373 e. The summed E-state index contributed by atoms with van der Waals surface area (Å²) in [4.78, 5) is 2.27. The number of aryl methyl sites for hydroxylation is 1. The van der Waals surface area contributed by atoms with Gasteiger partial charge in [-0.2, -0.15) is 0 Å². The first-order valence-corrected chi connectivity index (χ1v) is 5.16. The molecule has 14 heavy (non-hydrogen) atoms. The summed E-state index contributed by atoms with van der Waals surface area (Å²) in [6.07, 6.45) is 2.34. The Labute approximate surface area is 85.7 Å². The summed E-state index contributed by atoms with van der Waals surface area (Å²) in [5.41, 5.74) is 8.80. The van der Waals surface area contributed by atoms with Crippen LogP contribution in [0, 0.1) is 6.92 Å². The molecule has 1 fully saturated rings. The first kappa shape index (κ1) is 9.53. The van der Waals surface area contributed by atoms with Crippen LogP contribution in [-0.2, 0) is 0 Å². The second-order valence-corrected chi connectivity index (χ2v) is 4.50. The third kappa shape index (κ3) is 1.90. The lowest BCUT2D eigenvalue weighted by Gasteiger charge is -2.24. The van der Waals surface area contributed by atoms with Crippen molar-refractivity contribution in [2.45, 2.75) is 25.3 Å². The van der Waals surface area contributed by atoms with E-state index in [1.807, 2.05) is 0 Å². The van der Waals surface area contributed by atoms with Crippen LogP contribution in [0.4, 0.5) is 5.69 Å². The maximum Gasteiger partial charge on any atom is 0.0393 e. The molecule has 0 aliphatic heterocycles. The molecule has 2 N–H and O–H groups in total. The molecule has 1 aliphatic carbocycles. The summed E-state index contributed by atoms with van der Waals surface area (Å²) in [6.45, 7) is 3.11. The monoisotopic (exact) mass is 190 g/mol. The van der Waals surface area contributed by atoms with Crippen LogP contribution in [0.1, 0.15) is 18.4 Å². The molecular weight excluding hydrogens is 172 g/mol. The van der Waals surface area contributed by atoms with Gasteiger partial charge in [0.05, 0.1) is 0 Å². The number of rotatable bonds is 3. The van der Waals surface area contributed by atoms with E-state index in [-0.39, 0.29) is 5.54 Å². The lowest BCUT2D eigenvalue weighted by molar-refractivity contribution is 0.660. The zero-order valence-corrected chi connectivity index (χ0v) is 8.96. The van der Waals surface area contributed by atoms with Gasteiger partial charge in [-0.3, -0.25) is 0 Å². The van der Waals surface area contributed by atoms with Crippen LogP contribution in [0.15, 0.2) is 24.3 Å². The molecule has 1 aromatic carbocycles. The maximum absolute atomic E-state index is 6.09. The standard InChI is InChI=1S/C12H18N2/c1-10-5-3-4-6-11(10)14(2)9-12(13)7-8-12/h3-6H,7-9,13H2,1-2H3. The Balaban J connectivity index is 2.10. The summed E-state index contributed by atoms with van der Waals surface area (Å²) in [5.74, 6) is 0. The van der Waals surface area contributed by atoms with Gasteiger partial charge in [-0.1, -0.05) is 18.2 Å². The highest BCUT2D eigenvalue weighted by Crippen LogP contribution is 2.34. The van der Waals surface area contributed by atoms with E-state index in [4.69, 9.17) is 5.73 Å². The highest BCUT2D eigenvalue weighted by Gasteiger charge is 2.39. The summed E-state index contributed by atoms with van der Waals surface area (Å²) in [6, 6.07) is 8.44. The van der Waals surface area contributed by atoms with Crippen molar-refractivity contribution in [2.75, 3.05) is 18.5 Å². The fourth-order valence-corrected chi connectivity index (χ4v) is 1.87. The summed E-state index contributed by atoms with van der Waals surface area (Å²) in [5, 5.41) is 0. The fraction of sp³-hybridized carbons (Fsp3) is 0.500. The predicted molar refractivity (Wildman–Crippen MR) is 60.6 cm³/mol. The summed E-state index contributed by atoms with van der Waals surface area (Å²) < 4.78 is 0. The van der Waals surface area contributed by atoms with E-state index >= 15 is 0 Å². The molecule has 0 spiro atoms. The van der Waals surface area contributed by atoms with Crippen LogP contribution >= 0.6 is 0 Å². The average Bonchev–Trinajstić information content (AvgIpc) is 2.84. The number of benzene rings is 1. The number of hydrogen-bond donors (Lipinski definition) is 1. The molecule has 0 heterocycles. The molecule has 0 unspecified atom stereocenters. The number of nitrogens with zero attached hydrogens (tertiary/aromatic N) is 1. The van der Waals surface area contributed by atoms with E-state index in [0.717, 1.165) is 6.54 Å². The Hall–Kier alpha value is -1.02. The first-order valence-electron chi connectivity index (χ1n) is 5.16. The molecule has 0 saturated heterocycles. The van der Waals surface area contributed by atoms with Gasteiger partial charge in [0.1, 0.15) is 0 Å². The van der Waals surface area contributed by atoms with Gasteiger partial charge in [0.15, 0.2) is 0 Å². The van der Waals surface area contributed by atoms with Crippen molar-refractivity contribution in [1.82, 2.24) is 0 Å². The number of hydrogen-bond acceptors (Lipinski definition) is 2. The van der Waals surface area contributed by atoms with E-state index in [0.29, 0.717) is 0 Å². The number of nitrogens with two attached hydrogens (primary N) is 1. The molecule has 1 aromatic rings. The van der Waals surface area contributed by atoms with Crippen LogP contribution in [-0.4, -0.2) is 19.1 Å². The van der Waals surface area contributed by atoms with Gasteiger partial charge in [0, 0.05) is 24.8 Å². The van der Waals surface area contributed by atoms with Gasteiger partial charge in [-0.05, 0) is 31.4 Å². The van der Waals surface area contributed by atoms with Crippen LogP contribution in [0.5, 0.6) is 0 Å². The van der Waals surface area contributed by atoms with Crippen molar-refractivity contribution < 1.29 is 0 Å². The molecule has 0 amide bonds. The van der Waals surface area contributed by atoms with E-state index in [1.54, 1.807) is 0 Å². The smallest absolute Gasteiger partial charge is 0.0393 e. The third-order valence-electron chi connectivity index (χ3n) is 2.97. The SMILES string of the molecule is Cc1ccccc1N(C)CC1(N)CC1. The minimum Gasteiger partial charge on any atom is -0.373 e. The Morgan fingerprint density at radius 3 is 2.57 bits per heavy atom. The zero-order valence-electron chi connectivity index (χ0n) is 8.96. The predicted octanol–water partition coefficient (Wildman–Crippen LogP) is 1.92. The van der Waals surface area contributed by atoms with Crippen molar-refractivity contribution in [3.63, 3.8) is 0 Å². The maximum atomic E-state index is 6.09. The Morgan fingerprint density at radius 2 is 2.00 bits per heavy atom. The molecule has 76 valence electrons. The fourth-order valence-electron chi connectivity index (χ4n) is 1.87. The number of para-hydroxylation sites is 1. The van der Waals surface area contributed by atoms with Crippen LogP contribution in [0.25, 0.3) is 0 Å². The third-order valence-corrected chi connectivity index (χ3v) is 2.97. The minimum absolute atomic E-state index is 0.0943. The highest BCUT2D eigenvalue weighted by molar-refractivity contribution is 5.52. The second-order valence-electron chi connectivity index (χ2n) is 4.50. The van der Waals surface area contributed by atoms with Crippen molar-refractivity contribution in [3.05, 3.63) is 29.8 Å². The van der Waals surface area contributed by atoms with Crippen molar-refractivity contribution >= 4 is 5.69 Å². The Kier molecular flexibility index (Phi) is 2.23. The van der Waals surface area contributed by atoms with Crippen LogP contribution < -0.4 is 10.6 Å². The van der Waals surface area contributed by atoms with Crippen LogP contribution in [0.3, 0.4) is 0 Å². The Bertz CT molecular complexity index is 329. The lowest BCUT2D eigenvalue weighted by Crippen LogP contribution is -2.37. The topological polar surface area (TPSA) is 29.3 Å². The molecule has 2 rings (SSSR count). The quantitative estimate of drug-likeness (QED) is 0.789. The minimum atomic E-state index is 0.0943. The van der Waals surface area contributed by atoms with Gasteiger partial charge in [-0.25, -0.2) is 0 Å². The second kappa shape index (κ2) is 3.28. The van der Waals surface area contributed by atoms with Gasteiger partial charge < -0.3 is 10.6 Å². The van der Waals surface area contributed by atoms with Crippen molar-refractivity contribution in [1.29, 1.82) is 0 Å². The van der Waals surface area contributed by atoms with Gasteiger partial charge in [-0.15, -0.1) is 0 Å². The molecule has 0 bridgehead atoms. The number of anilines is 1. The van der Waals surface area contributed by atoms with Crippen LogP contribution in [0.2, 0.25) is 0 Å². The Morgan fingerprint density at radius 1 is 1.36 bits per heavy atom. The average molecular weight is 190 g/mol. The molecule has 0 radical (unpaired) electrons. The van der Waals surface area contributed by atoms with E-state index in [9.17, 15) is 0 Å². The van der Waals surface area contributed by atoms with Crippen molar-refractivity contribution in [3.8, 4) is 0 Å². The molecule has 2 heteroatoms. The van der Waals surface area contributed by atoms with Gasteiger partial charge in [0.25, 0.3) is 0 Å². The van der Waals surface area contributed by atoms with E-state index < -0.39 is 0 Å². The van der Waals surface area contributed by atoms with E-state index in [2.05, 4.69) is 43.1 Å². The normalized spacial score (nSPS) is 17.9. The molecular formula is C12H18N2. The molecule has 1 aliphatic rings. The van der Waals surface area contributed by atoms with Gasteiger partial charge in [0.2, 0.25) is 0 Å². The molecule has 2 nitrogen and oxygen atoms in total. The first-order chi connectivity index (χ1) is 6.61. The molecule has 1 saturated carbocycles. The molecule has 0 aromatic heterocycles. The highest BCUT2D eigenvalue weighted by atomic mass is 15.1. The summed E-state index contributed by atoms with van der Waals surface area (Å²) in [7, 11) is 2.12. The summed E-state index contributed by atoms with van der Waals surface area (Å²) >= 11 is 0. The van der Waals surface area contributed by atoms with Gasteiger partial charge >= 0.3 is 0 Å². The molecule has 0 atom stereocenters. The zero-order chi connectivity index (χ0) is 10.2. The van der Waals surface area contributed by atoms with E-state index in [1.165, 1.54) is 24.1 Å². The lowest BCUT2D eigenvalue weighted by atomic mass is 10.1.